The van der Waals surface area contributed by atoms with Crippen LogP contribution >= 0.6 is 0 Å². The minimum absolute atomic E-state index is 0.0237. The molecule has 1 fully saturated rings. The Kier molecular flexibility index (Phi) is 8.37. The maximum atomic E-state index is 16.0. The number of carbonyl (C=O) groups is 2. The third-order valence-electron chi connectivity index (χ3n) is 7.80. The highest BCUT2D eigenvalue weighted by atomic mass is 19.1. The molecule has 0 saturated carbocycles. The SMILES string of the molecule is C=C(F)C(=O)N1CCN(c2c(C(=O)NC)c(=O)n(-c3c(C)ccnc3C(C)C)c3nc(-c4c(O)cccc4F)c(F)cc23)CC1. The lowest BCUT2D eigenvalue weighted by molar-refractivity contribution is -0.128. The van der Waals surface area contributed by atoms with Gasteiger partial charge in [0, 0.05) is 44.8 Å². The summed E-state index contributed by atoms with van der Waals surface area (Å²) >= 11 is 0. The van der Waals surface area contributed by atoms with Gasteiger partial charge in [-0.05, 0) is 42.7 Å². The van der Waals surface area contributed by atoms with Crippen molar-refractivity contribution in [2.45, 2.75) is 26.7 Å². The van der Waals surface area contributed by atoms with Crippen LogP contribution in [0.15, 0.2) is 53.7 Å². The van der Waals surface area contributed by atoms with E-state index in [1.807, 2.05) is 13.8 Å². The number of aromatic nitrogens is 3. The molecule has 0 spiro atoms. The number of hydrogen-bond acceptors (Lipinski definition) is 7. The molecule has 1 aliphatic rings. The molecule has 4 aromatic rings. The minimum atomic E-state index is -1.12. The molecule has 0 radical (unpaired) electrons. The minimum Gasteiger partial charge on any atom is -0.507 e. The fraction of sp³-hybridized carbons (Fsp3) is 0.281. The number of nitrogens with zero attached hydrogens (tertiary/aromatic N) is 5. The molecule has 1 aromatic carbocycles. The van der Waals surface area contributed by atoms with Crippen molar-refractivity contribution >= 4 is 28.5 Å². The Bertz CT molecular complexity index is 1910. The normalized spacial score (nSPS) is 13.4. The van der Waals surface area contributed by atoms with E-state index >= 15 is 8.78 Å². The van der Waals surface area contributed by atoms with Crippen LogP contribution in [0, 0.1) is 18.6 Å². The van der Waals surface area contributed by atoms with Crippen molar-refractivity contribution in [2.75, 3.05) is 38.1 Å². The van der Waals surface area contributed by atoms with Crippen LogP contribution < -0.4 is 15.8 Å². The summed E-state index contributed by atoms with van der Waals surface area (Å²) in [5, 5.41) is 13.0. The van der Waals surface area contributed by atoms with Gasteiger partial charge in [0.25, 0.3) is 17.4 Å². The first-order valence-electron chi connectivity index (χ1n) is 14.2. The van der Waals surface area contributed by atoms with E-state index in [1.165, 1.54) is 28.6 Å². The van der Waals surface area contributed by atoms with Crippen LogP contribution in [0.1, 0.15) is 41.4 Å². The molecule has 4 heterocycles. The average molecular weight is 621 g/mol. The van der Waals surface area contributed by atoms with E-state index in [-0.39, 0.29) is 54.4 Å². The molecular weight excluding hydrogens is 589 g/mol. The number of rotatable bonds is 6. The third kappa shape index (κ3) is 5.38. The van der Waals surface area contributed by atoms with Gasteiger partial charge in [-0.3, -0.25) is 23.9 Å². The van der Waals surface area contributed by atoms with Crippen LogP contribution in [0.3, 0.4) is 0 Å². The van der Waals surface area contributed by atoms with Crippen molar-refractivity contribution in [3.8, 4) is 22.7 Å². The van der Waals surface area contributed by atoms with Crippen LogP contribution in [0.5, 0.6) is 5.75 Å². The first kappa shape index (κ1) is 31.2. The molecule has 0 aliphatic carbocycles. The van der Waals surface area contributed by atoms with Gasteiger partial charge < -0.3 is 20.2 Å². The van der Waals surface area contributed by atoms with Gasteiger partial charge in [-0.15, -0.1) is 0 Å². The number of carbonyl (C=O) groups excluding carboxylic acids is 2. The number of pyridine rings is 3. The highest BCUT2D eigenvalue weighted by molar-refractivity contribution is 6.07. The first-order valence-corrected chi connectivity index (χ1v) is 14.2. The Labute approximate surface area is 256 Å². The predicted octanol–water partition coefficient (Wildman–Crippen LogP) is 4.35. The standard InChI is InChI=1S/C32H31F3N6O4/c1-16(2)25-27(17(3)9-10-37-25)41-29-19(15-21(35)26(38-29)23-20(34)7-6-8-22(23)42)28(24(32(41)45)30(43)36-5)39-11-13-40(14-12-39)31(44)18(4)33/h6-10,15-16,42H,4,11-14H2,1-3,5H3,(H,36,43). The lowest BCUT2D eigenvalue weighted by Crippen LogP contribution is -2.50. The second-order valence-electron chi connectivity index (χ2n) is 11.0. The molecule has 1 saturated heterocycles. The lowest BCUT2D eigenvalue weighted by Gasteiger charge is -2.37. The lowest BCUT2D eigenvalue weighted by atomic mass is 10.0. The van der Waals surface area contributed by atoms with Gasteiger partial charge >= 0.3 is 0 Å². The Balaban J connectivity index is 1.91. The van der Waals surface area contributed by atoms with Crippen molar-refractivity contribution in [3.63, 3.8) is 0 Å². The number of phenolic OH excluding ortho intramolecular Hbond substituents is 1. The smallest absolute Gasteiger partial charge is 0.282 e. The van der Waals surface area contributed by atoms with Crippen molar-refractivity contribution in [3.05, 3.63) is 87.7 Å². The Hall–Kier alpha value is -5.20. The number of hydrogen-bond donors (Lipinski definition) is 2. The predicted molar refractivity (Wildman–Crippen MR) is 163 cm³/mol. The van der Waals surface area contributed by atoms with Crippen molar-refractivity contribution in [1.29, 1.82) is 0 Å². The van der Waals surface area contributed by atoms with Gasteiger partial charge in [-0.2, -0.15) is 0 Å². The van der Waals surface area contributed by atoms with Gasteiger partial charge in [-0.1, -0.05) is 26.5 Å². The largest absolute Gasteiger partial charge is 0.507 e. The molecule has 10 nitrogen and oxygen atoms in total. The fourth-order valence-corrected chi connectivity index (χ4v) is 5.65. The van der Waals surface area contributed by atoms with Gasteiger partial charge in [0.2, 0.25) is 0 Å². The Morgan fingerprint density at radius 3 is 2.36 bits per heavy atom. The zero-order chi connectivity index (χ0) is 32.7. The van der Waals surface area contributed by atoms with E-state index in [1.54, 1.807) is 24.1 Å². The number of nitrogens with one attached hydrogen (secondary N) is 1. The quantitative estimate of drug-likeness (QED) is 0.308. The summed E-state index contributed by atoms with van der Waals surface area (Å²) in [6.07, 6.45) is 1.58. The Morgan fingerprint density at radius 2 is 1.76 bits per heavy atom. The second-order valence-corrected chi connectivity index (χ2v) is 11.0. The third-order valence-corrected chi connectivity index (χ3v) is 7.80. The molecule has 45 heavy (non-hydrogen) atoms. The van der Waals surface area contributed by atoms with Gasteiger partial charge in [-0.25, -0.2) is 18.2 Å². The summed E-state index contributed by atoms with van der Waals surface area (Å²) in [6.45, 7) is 8.71. The molecule has 2 N–H and O–H groups in total. The molecule has 234 valence electrons. The zero-order valence-corrected chi connectivity index (χ0v) is 25.1. The van der Waals surface area contributed by atoms with E-state index < -0.39 is 51.8 Å². The summed E-state index contributed by atoms with van der Waals surface area (Å²) in [5.74, 6) is -5.48. The molecule has 13 heteroatoms. The number of halogens is 3. The molecule has 2 amide bonds. The summed E-state index contributed by atoms with van der Waals surface area (Å²) in [6, 6.07) is 6.21. The van der Waals surface area contributed by atoms with Crippen molar-refractivity contribution in [2.24, 2.45) is 0 Å². The van der Waals surface area contributed by atoms with Crippen LogP contribution in [0.25, 0.3) is 28.0 Å². The number of phenols is 1. The number of benzene rings is 1. The van der Waals surface area contributed by atoms with Gasteiger partial charge in [0.1, 0.15) is 22.8 Å². The van der Waals surface area contributed by atoms with Crippen LogP contribution in [-0.2, 0) is 4.79 Å². The maximum absolute atomic E-state index is 16.0. The van der Waals surface area contributed by atoms with Gasteiger partial charge in [0.15, 0.2) is 17.3 Å². The van der Waals surface area contributed by atoms with Crippen molar-refractivity contribution < 1.29 is 27.9 Å². The highest BCUT2D eigenvalue weighted by Crippen LogP contribution is 2.38. The number of anilines is 1. The van der Waals surface area contributed by atoms with Crippen molar-refractivity contribution in [1.82, 2.24) is 24.8 Å². The van der Waals surface area contributed by atoms with E-state index in [0.29, 0.717) is 16.9 Å². The molecule has 5 rings (SSSR count). The van der Waals surface area contributed by atoms with Gasteiger partial charge in [0.05, 0.1) is 22.6 Å². The first-order chi connectivity index (χ1) is 21.4. The Morgan fingerprint density at radius 1 is 1.07 bits per heavy atom. The van der Waals surface area contributed by atoms with Crippen LogP contribution in [0.2, 0.25) is 0 Å². The zero-order valence-electron chi connectivity index (χ0n) is 25.1. The maximum Gasteiger partial charge on any atom is 0.282 e. The number of piperazine rings is 1. The molecule has 0 atom stereocenters. The summed E-state index contributed by atoms with van der Waals surface area (Å²) < 4.78 is 45.8. The number of fused-ring (bicyclic) bond motifs is 1. The highest BCUT2D eigenvalue weighted by Gasteiger charge is 2.33. The van der Waals surface area contributed by atoms with Crippen LogP contribution in [-0.4, -0.2) is 69.6 Å². The van der Waals surface area contributed by atoms with E-state index in [0.717, 1.165) is 12.1 Å². The summed E-state index contributed by atoms with van der Waals surface area (Å²) in [7, 11) is 1.35. The number of aromatic hydroxyl groups is 1. The van der Waals surface area contributed by atoms with Crippen LogP contribution in [0.4, 0.5) is 18.9 Å². The summed E-state index contributed by atoms with van der Waals surface area (Å²) in [5.41, 5.74) is -0.822. The topological polar surface area (TPSA) is 121 Å². The number of aryl methyl sites for hydroxylation is 1. The van der Waals surface area contributed by atoms with E-state index in [4.69, 9.17) is 0 Å². The fourth-order valence-electron chi connectivity index (χ4n) is 5.65. The molecule has 0 bridgehead atoms. The average Bonchev–Trinajstić information content (AvgIpc) is 3.00. The summed E-state index contributed by atoms with van der Waals surface area (Å²) in [4.78, 5) is 52.1. The second kappa shape index (κ2) is 12.1. The number of amides is 2. The molecule has 3 aromatic heterocycles. The molecule has 1 aliphatic heterocycles. The monoisotopic (exact) mass is 620 g/mol. The van der Waals surface area contributed by atoms with E-state index in [2.05, 4.69) is 21.9 Å². The molecular formula is C32H31F3N6O4. The molecule has 0 unspecified atom stereocenters. The van der Waals surface area contributed by atoms with E-state index in [9.17, 15) is 23.9 Å².